The van der Waals surface area contributed by atoms with E-state index in [0.29, 0.717) is 73.8 Å². The Kier molecular flexibility index (Phi) is 26.8. The van der Waals surface area contributed by atoms with Crippen LogP contribution in [0.1, 0.15) is 135 Å². The maximum atomic E-state index is 12.9. The highest BCUT2D eigenvalue weighted by Gasteiger charge is 2.29. The molecule has 1 heterocycles. The van der Waals surface area contributed by atoms with Crippen LogP contribution in [0.25, 0.3) is 0 Å². The Morgan fingerprint density at radius 3 is 1.06 bits per heavy atom. The standard InChI is InChI=1S/C58H72O14/c1-3-53(59)65-39-19-15-11-7-5-9-13-17-37-63-49-33-25-47(26-34-49)55(61)71-51-29-21-45(22-30-51)43-69-57-58(68-42-41-67-57)70-44-46-23-31-52(32-24-46)72-56(62)48-27-35-50(36-28-48)64-38-18-14-10-6-8-12-16-20-40-66-54(60)4-2/h3-4,21-36,57-58H,1-2,5-20,37-44H2/t57-,58-/m0/s1. The molecule has 14 nitrogen and oxygen atoms in total. The molecule has 14 heteroatoms. The van der Waals surface area contributed by atoms with Gasteiger partial charge in [0.25, 0.3) is 0 Å². The zero-order valence-electron chi connectivity index (χ0n) is 41.6. The van der Waals surface area contributed by atoms with Crippen LogP contribution in [0.15, 0.2) is 122 Å². The summed E-state index contributed by atoms with van der Waals surface area (Å²) in [5, 5.41) is 0. The van der Waals surface area contributed by atoms with Gasteiger partial charge in [-0.3, -0.25) is 0 Å². The van der Waals surface area contributed by atoms with Gasteiger partial charge in [-0.1, -0.05) is 114 Å². The van der Waals surface area contributed by atoms with Gasteiger partial charge in [-0.15, -0.1) is 0 Å². The number of ether oxygens (including phenoxy) is 10. The molecule has 4 aromatic rings. The van der Waals surface area contributed by atoms with Gasteiger partial charge in [0.05, 0.1) is 64.0 Å². The van der Waals surface area contributed by atoms with Crippen LogP contribution in [0.4, 0.5) is 0 Å². The van der Waals surface area contributed by atoms with E-state index in [1.165, 1.54) is 37.8 Å². The molecule has 0 radical (unpaired) electrons. The largest absolute Gasteiger partial charge is 0.494 e. The van der Waals surface area contributed by atoms with E-state index < -0.39 is 24.5 Å². The lowest BCUT2D eigenvalue weighted by molar-refractivity contribution is -0.326. The number of rotatable bonds is 36. The summed E-state index contributed by atoms with van der Waals surface area (Å²) in [5.41, 5.74) is 2.51. The van der Waals surface area contributed by atoms with Gasteiger partial charge in [0.15, 0.2) is 0 Å². The topological polar surface area (TPSA) is 161 Å². The molecule has 1 saturated heterocycles. The number of unbranched alkanes of at least 4 members (excludes halogenated alkanes) is 14. The summed E-state index contributed by atoms with van der Waals surface area (Å²) in [7, 11) is 0. The predicted molar refractivity (Wildman–Crippen MR) is 272 cm³/mol. The molecule has 1 aliphatic rings. The van der Waals surface area contributed by atoms with Gasteiger partial charge in [-0.2, -0.15) is 0 Å². The Morgan fingerprint density at radius 2 is 0.722 bits per heavy atom. The first-order valence-electron chi connectivity index (χ1n) is 25.4. The molecule has 0 N–H and O–H groups in total. The summed E-state index contributed by atoms with van der Waals surface area (Å²) in [6, 6.07) is 28.0. The summed E-state index contributed by atoms with van der Waals surface area (Å²) < 4.78 is 56.7. The first-order chi connectivity index (χ1) is 35.3. The minimum Gasteiger partial charge on any atom is -0.494 e. The second kappa shape index (κ2) is 34.1. The van der Waals surface area contributed by atoms with Crippen molar-refractivity contribution in [2.45, 2.75) is 129 Å². The van der Waals surface area contributed by atoms with Crippen molar-refractivity contribution < 1.29 is 66.5 Å². The highest BCUT2D eigenvalue weighted by atomic mass is 16.8. The summed E-state index contributed by atoms with van der Waals surface area (Å²) in [6.45, 7) is 10.0. The second-order valence-corrected chi connectivity index (χ2v) is 17.3. The molecular formula is C58H72O14. The van der Waals surface area contributed by atoms with Crippen LogP contribution in [-0.2, 0) is 51.2 Å². The molecule has 0 saturated carbocycles. The third kappa shape index (κ3) is 22.8. The molecule has 72 heavy (non-hydrogen) atoms. The third-order valence-electron chi connectivity index (χ3n) is 11.6. The van der Waals surface area contributed by atoms with E-state index in [2.05, 4.69) is 13.2 Å². The maximum Gasteiger partial charge on any atom is 0.343 e. The van der Waals surface area contributed by atoms with Gasteiger partial charge in [-0.25, -0.2) is 19.2 Å². The van der Waals surface area contributed by atoms with E-state index >= 15 is 0 Å². The fraction of sp³-hybridized carbons (Fsp3) is 0.448. The van der Waals surface area contributed by atoms with Crippen molar-refractivity contribution in [2.24, 2.45) is 0 Å². The van der Waals surface area contributed by atoms with Gasteiger partial charge >= 0.3 is 23.9 Å². The maximum absolute atomic E-state index is 12.9. The van der Waals surface area contributed by atoms with Crippen LogP contribution >= 0.6 is 0 Å². The lowest BCUT2D eigenvalue weighted by Gasteiger charge is -2.31. The number of hydrogen-bond donors (Lipinski definition) is 0. The van der Waals surface area contributed by atoms with Crippen LogP contribution in [0.2, 0.25) is 0 Å². The van der Waals surface area contributed by atoms with E-state index in [0.717, 1.165) is 88.2 Å². The van der Waals surface area contributed by atoms with Crippen molar-refractivity contribution in [1.29, 1.82) is 0 Å². The van der Waals surface area contributed by atoms with E-state index in [-0.39, 0.29) is 25.2 Å². The third-order valence-corrected chi connectivity index (χ3v) is 11.6. The SMILES string of the molecule is C=CC(=O)OCCCCCCCCCCOc1ccc(C(=O)Oc2ccc(CO[C@@H]3OCCO[C@H]3OCc3ccc(OC(=O)c4ccc(OCCCCCCCCCCOC(=O)C=C)cc4)cc3)cc2)cc1. The van der Waals surface area contributed by atoms with E-state index in [1.807, 2.05) is 24.3 Å². The van der Waals surface area contributed by atoms with Crippen LogP contribution in [0.5, 0.6) is 23.0 Å². The van der Waals surface area contributed by atoms with E-state index in [9.17, 15) is 19.2 Å². The molecule has 1 fully saturated rings. The summed E-state index contributed by atoms with van der Waals surface area (Å²) in [6.07, 6.45) is 18.1. The molecule has 0 aliphatic carbocycles. The number of hydrogen-bond acceptors (Lipinski definition) is 14. The van der Waals surface area contributed by atoms with Gasteiger partial charge < -0.3 is 47.4 Å². The smallest absolute Gasteiger partial charge is 0.343 e. The number of carbonyl (C=O) groups excluding carboxylic acids is 4. The Morgan fingerprint density at radius 1 is 0.417 bits per heavy atom. The molecule has 0 spiro atoms. The Labute approximate surface area is 424 Å². The number of benzene rings is 4. The lowest BCUT2D eigenvalue weighted by Crippen LogP contribution is -2.41. The van der Waals surface area contributed by atoms with Gasteiger partial charge in [-0.05, 0) is 110 Å². The quantitative estimate of drug-likeness (QED) is 0.0183. The van der Waals surface area contributed by atoms with Crippen LogP contribution < -0.4 is 18.9 Å². The second-order valence-electron chi connectivity index (χ2n) is 17.3. The van der Waals surface area contributed by atoms with Crippen molar-refractivity contribution in [1.82, 2.24) is 0 Å². The zero-order chi connectivity index (χ0) is 50.9. The van der Waals surface area contributed by atoms with Crippen LogP contribution in [0, 0.1) is 0 Å². The Bertz CT molecular complexity index is 2030. The van der Waals surface area contributed by atoms with Crippen molar-refractivity contribution in [3.63, 3.8) is 0 Å². The molecule has 4 aromatic carbocycles. The molecule has 5 rings (SSSR count). The molecule has 2 atom stereocenters. The molecule has 1 aliphatic heterocycles. The highest BCUT2D eigenvalue weighted by Crippen LogP contribution is 2.23. The average Bonchev–Trinajstić information content (AvgIpc) is 3.41. The minimum absolute atomic E-state index is 0.209. The van der Waals surface area contributed by atoms with Crippen molar-refractivity contribution >= 4 is 23.9 Å². The average molecular weight is 993 g/mol. The van der Waals surface area contributed by atoms with Gasteiger partial charge in [0, 0.05) is 12.2 Å². The van der Waals surface area contributed by atoms with Crippen molar-refractivity contribution in [3.8, 4) is 23.0 Å². The molecule has 0 bridgehead atoms. The molecule has 0 unspecified atom stereocenters. The molecule has 388 valence electrons. The van der Waals surface area contributed by atoms with Crippen LogP contribution in [0.3, 0.4) is 0 Å². The Hall–Kier alpha value is -6.32. The number of carbonyl (C=O) groups is 4. The van der Waals surface area contributed by atoms with Crippen LogP contribution in [-0.4, -0.2) is 76.1 Å². The van der Waals surface area contributed by atoms with E-state index in [1.54, 1.807) is 72.8 Å². The van der Waals surface area contributed by atoms with Crippen molar-refractivity contribution in [2.75, 3.05) is 39.6 Å². The fourth-order valence-corrected chi connectivity index (χ4v) is 7.48. The summed E-state index contributed by atoms with van der Waals surface area (Å²) in [5.74, 6) is 0.539. The fourth-order valence-electron chi connectivity index (χ4n) is 7.48. The molecular weight excluding hydrogens is 921 g/mol. The first-order valence-corrected chi connectivity index (χ1v) is 25.4. The zero-order valence-corrected chi connectivity index (χ0v) is 41.6. The lowest BCUT2D eigenvalue weighted by atomic mass is 10.1. The predicted octanol–water partition coefficient (Wildman–Crippen LogP) is 12.0. The highest BCUT2D eigenvalue weighted by molar-refractivity contribution is 5.91. The van der Waals surface area contributed by atoms with E-state index in [4.69, 9.17) is 47.4 Å². The monoisotopic (exact) mass is 992 g/mol. The minimum atomic E-state index is -0.767. The van der Waals surface area contributed by atoms with Crippen molar-refractivity contribution in [3.05, 3.63) is 145 Å². The Balaban J connectivity index is 0.907. The van der Waals surface area contributed by atoms with Gasteiger partial charge in [0.1, 0.15) is 23.0 Å². The van der Waals surface area contributed by atoms with Gasteiger partial charge in [0.2, 0.25) is 12.6 Å². The molecule has 0 amide bonds. The summed E-state index contributed by atoms with van der Waals surface area (Å²) in [4.78, 5) is 47.8. The molecule has 0 aromatic heterocycles. The normalized spacial score (nSPS) is 14.2. The first kappa shape index (κ1) is 56.6. The number of esters is 4. The summed E-state index contributed by atoms with van der Waals surface area (Å²) >= 11 is 0.